The molecule has 0 aliphatic heterocycles. The van der Waals surface area contributed by atoms with Gasteiger partial charge < -0.3 is 21.5 Å². The number of amides is 1. The number of thioether (sulfide) groups is 1. The Morgan fingerprint density at radius 3 is 2.41 bits per heavy atom. The van der Waals surface area contributed by atoms with Gasteiger partial charge in [0.1, 0.15) is 12.4 Å². The van der Waals surface area contributed by atoms with Gasteiger partial charge in [0.15, 0.2) is 5.82 Å². The lowest BCUT2D eigenvalue weighted by Gasteiger charge is -2.14. The number of carbonyl (C=O) groups is 2. The molecule has 0 saturated heterocycles. The number of nitrogens with zero attached hydrogens (tertiary/aromatic N) is 3. The van der Waals surface area contributed by atoms with E-state index >= 15 is 0 Å². The van der Waals surface area contributed by atoms with Crippen LogP contribution in [-0.2, 0) is 34.9 Å². The summed E-state index contributed by atoms with van der Waals surface area (Å²) in [6, 6.07) is 13.6. The summed E-state index contributed by atoms with van der Waals surface area (Å²) in [4.78, 5) is 43.1. The number of rotatable bonds is 10. The van der Waals surface area contributed by atoms with Gasteiger partial charge in [0.05, 0.1) is 5.69 Å². The van der Waals surface area contributed by atoms with Crippen molar-refractivity contribution in [1.29, 1.82) is 0 Å². The largest absolute Gasteiger partial charge is 0.490 e. The Kier molecular flexibility index (Phi) is 11.8. The van der Waals surface area contributed by atoms with E-state index < -0.39 is 12.1 Å². The van der Waals surface area contributed by atoms with Gasteiger partial charge in [0, 0.05) is 30.7 Å². The van der Waals surface area contributed by atoms with Crippen LogP contribution in [0.2, 0.25) is 0 Å². The molecule has 0 aliphatic carbocycles. The summed E-state index contributed by atoms with van der Waals surface area (Å²) in [5, 5.41) is 13.1. The predicted molar refractivity (Wildman–Crippen MR) is 143 cm³/mol. The fourth-order valence-corrected chi connectivity index (χ4v) is 3.77. The second kappa shape index (κ2) is 14.8. The summed E-state index contributed by atoms with van der Waals surface area (Å²) in [5.41, 5.74) is 8.90. The Labute approximate surface area is 226 Å². The minimum absolute atomic E-state index is 0.0773. The molecule has 2 aromatic heterocycles. The molecule has 14 heteroatoms. The zero-order chi connectivity index (χ0) is 29.0. The smallest absolute Gasteiger partial charge is 0.475 e. The number of alkyl halides is 3. The zero-order valence-electron chi connectivity index (χ0n) is 21.3. The number of pyridine rings is 1. The number of aryl methyl sites for hydroxylation is 1. The van der Waals surface area contributed by atoms with Crippen molar-refractivity contribution in [2.24, 2.45) is 0 Å². The highest BCUT2D eigenvalue weighted by molar-refractivity contribution is 7.97. The van der Waals surface area contributed by atoms with E-state index in [1.54, 1.807) is 24.0 Å². The van der Waals surface area contributed by atoms with E-state index in [1.807, 2.05) is 49.6 Å². The molecule has 3 rings (SSSR count). The first-order valence-corrected chi connectivity index (χ1v) is 13.0. The van der Waals surface area contributed by atoms with Crippen LogP contribution in [0.15, 0.2) is 53.5 Å². The summed E-state index contributed by atoms with van der Waals surface area (Å²) in [7, 11) is 0. The van der Waals surface area contributed by atoms with Crippen LogP contribution in [0, 0.1) is 6.92 Å². The Morgan fingerprint density at radius 2 is 1.82 bits per heavy atom. The number of aromatic nitrogens is 3. The number of nitrogens with one attached hydrogen (secondary N) is 2. The van der Waals surface area contributed by atoms with E-state index in [1.165, 1.54) is 10.1 Å². The van der Waals surface area contributed by atoms with Gasteiger partial charge >= 0.3 is 12.1 Å². The number of aliphatic carboxylic acids is 1. The third-order valence-electron chi connectivity index (χ3n) is 5.22. The lowest BCUT2D eigenvalue weighted by molar-refractivity contribution is -0.192. The van der Waals surface area contributed by atoms with Crippen molar-refractivity contribution in [3.8, 4) is 0 Å². The van der Waals surface area contributed by atoms with Crippen LogP contribution in [0.1, 0.15) is 22.5 Å². The molecule has 0 radical (unpaired) electrons. The molecule has 0 spiro atoms. The molecule has 0 atom stereocenters. The van der Waals surface area contributed by atoms with Crippen molar-refractivity contribution >= 4 is 35.3 Å². The molecule has 0 unspecified atom stereocenters. The number of carboxylic acid groups (broad SMARTS) is 1. The molecule has 210 valence electrons. The Morgan fingerprint density at radius 1 is 1.15 bits per heavy atom. The third-order valence-corrected chi connectivity index (χ3v) is 5.80. The number of hydrogen-bond acceptors (Lipinski definition) is 8. The maximum absolute atomic E-state index is 13.0. The highest BCUT2D eigenvalue weighted by Gasteiger charge is 2.38. The molecule has 0 bridgehead atoms. The average Bonchev–Trinajstić information content (AvgIpc) is 2.87. The van der Waals surface area contributed by atoms with Crippen molar-refractivity contribution < 1.29 is 27.9 Å². The first-order valence-electron chi connectivity index (χ1n) is 11.6. The van der Waals surface area contributed by atoms with Crippen molar-refractivity contribution in [1.82, 2.24) is 19.9 Å². The van der Waals surface area contributed by atoms with Crippen LogP contribution in [0.4, 0.5) is 24.8 Å². The molecule has 5 N–H and O–H groups in total. The molecule has 0 aliphatic rings. The summed E-state index contributed by atoms with van der Waals surface area (Å²) in [6.45, 7) is 2.66. The van der Waals surface area contributed by atoms with Gasteiger partial charge in [0.2, 0.25) is 5.91 Å². The fraction of sp³-hybridized carbons (Fsp3) is 0.320. The maximum atomic E-state index is 13.0. The molecule has 0 saturated carbocycles. The van der Waals surface area contributed by atoms with Gasteiger partial charge in [-0.2, -0.15) is 24.9 Å². The normalized spacial score (nSPS) is 10.8. The van der Waals surface area contributed by atoms with Crippen molar-refractivity contribution in [2.75, 3.05) is 23.9 Å². The topological polar surface area (TPSA) is 152 Å². The lowest BCUT2D eigenvalue weighted by atomic mass is 10.1. The Balaban J connectivity index is 0.000000673. The number of nitrogen functional groups attached to an aromatic ring is 1. The van der Waals surface area contributed by atoms with Crippen LogP contribution >= 0.6 is 11.8 Å². The number of carbonyl (C=O) groups excluding carboxylic acids is 1. The molecular weight excluding hydrogens is 537 g/mol. The van der Waals surface area contributed by atoms with E-state index in [9.17, 15) is 22.8 Å². The van der Waals surface area contributed by atoms with Gasteiger partial charge in [0.25, 0.3) is 5.56 Å². The first-order chi connectivity index (χ1) is 18.4. The molecule has 10 nitrogen and oxygen atoms in total. The van der Waals surface area contributed by atoms with Crippen molar-refractivity contribution in [3.63, 3.8) is 0 Å². The van der Waals surface area contributed by atoms with E-state index in [0.717, 1.165) is 17.7 Å². The van der Waals surface area contributed by atoms with Crippen LogP contribution in [0.5, 0.6) is 0 Å². The summed E-state index contributed by atoms with van der Waals surface area (Å²) < 4.78 is 33.2. The summed E-state index contributed by atoms with van der Waals surface area (Å²) in [6.07, 6.45) is -0.716. The quantitative estimate of drug-likeness (QED) is 0.290. The maximum Gasteiger partial charge on any atom is 0.490 e. The standard InChI is InChI=1S/C23H28N6O2S.C2HF3O2/c1-16-18(8-9-20(24)28-16)12-26-21(30)14-29-19(15-32-2)13-27-22(23(29)31)25-11-10-17-6-4-3-5-7-17;3-2(4,5)1(6)7/h3-9,13H,10-12,14-15H2,1-2H3,(H2,24,28)(H,25,27)(H,26,30);(H,6,7). The highest BCUT2D eigenvalue weighted by Crippen LogP contribution is 2.13. The SMILES string of the molecule is CSCc1cnc(NCCc2ccccc2)c(=O)n1CC(=O)NCc1ccc(N)nc1C.O=C(O)C(F)(F)F. The predicted octanol–water partition coefficient (Wildman–Crippen LogP) is 3.00. The second-order valence-corrected chi connectivity index (χ2v) is 9.01. The van der Waals surface area contributed by atoms with Crippen LogP contribution in [-0.4, -0.2) is 50.5 Å². The monoisotopic (exact) mass is 566 g/mol. The van der Waals surface area contributed by atoms with Crippen molar-refractivity contribution in [2.45, 2.75) is 38.4 Å². The molecule has 2 heterocycles. The van der Waals surface area contributed by atoms with E-state index in [4.69, 9.17) is 15.6 Å². The molecule has 1 aromatic carbocycles. The lowest BCUT2D eigenvalue weighted by Crippen LogP contribution is -2.35. The molecule has 3 aromatic rings. The van der Waals surface area contributed by atoms with Crippen LogP contribution in [0.25, 0.3) is 0 Å². The van der Waals surface area contributed by atoms with Gasteiger partial charge in [-0.1, -0.05) is 36.4 Å². The minimum atomic E-state index is -5.08. The molecule has 1 amide bonds. The minimum Gasteiger partial charge on any atom is -0.475 e. The van der Waals surface area contributed by atoms with Crippen LogP contribution in [0.3, 0.4) is 0 Å². The molecular formula is C25H29F3N6O4S. The second-order valence-electron chi connectivity index (χ2n) is 8.15. The fourth-order valence-electron chi connectivity index (χ4n) is 3.24. The number of anilines is 2. The van der Waals surface area contributed by atoms with Gasteiger partial charge in [-0.3, -0.25) is 14.2 Å². The molecule has 39 heavy (non-hydrogen) atoms. The van der Waals surface area contributed by atoms with E-state index in [2.05, 4.69) is 20.6 Å². The Bertz CT molecular complexity index is 1320. The third kappa shape index (κ3) is 10.3. The van der Waals surface area contributed by atoms with E-state index in [0.29, 0.717) is 30.4 Å². The molecule has 0 fully saturated rings. The number of nitrogens with two attached hydrogens (primary N) is 1. The van der Waals surface area contributed by atoms with Gasteiger partial charge in [-0.15, -0.1) is 0 Å². The summed E-state index contributed by atoms with van der Waals surface area (Å²) >= 11 is 1.57. The first kappa shape index (κ1) is 31.1. The van der Waals surface area contributed by atoms with E-state index in [-0.39, 0.29) is 23.8 Å². The van der Waals surface area contributed by atoms with Crippen molar-refractivity contribution in [3.05, 3.63) is 81.5 Å². The highest BCUT2D eigenvalue weighted by atomic mass is 32.2. The average molecular weight is 567 g/mol. The summed E-state index contributed by atoms with van der Waals surface area (Å²) in [5.74, 6) is -1.74. The van der Waals surface area contributed by atoms with Gasteiger partial charge in [-0.25, -0.2) is 14.8 Å². The van der Waals surface area contributed by atoms with Gasteiger partial charge in [-0.05, 0) is 36.8 Å². The number of hydrogen-bond donors (Lipinski definition) is 4. The van der Waals surface area contributed by atoms with Crippen LogP contribution < -0.4 is 21.9 Å². The zero-order valence-corrected chi connectivity index (χ0v) is 22.1. The number of benzene rings is 1. The Hall–Kier alpha value is -4.07. The number of halogens is 3. The number of carboxylic acids is 1.